The lowest BCUT2D eigenvalue weighted by molar-refractivity contribution is 0.356. The van der Waals surface area contributed by atoms with Crippen molar-refractivity contribution < 1.29 is 9.47 Å². The summed E-state index contributed by atoms with van der Waals surface area (Å²) in [5.41, 5.74) is 4.73. The fourth-order valence-corrected chi connectivity index (χ4v) is 3.04. The smallest absolute Gasteiger partial charge is 0.162 e. The van der Waals surface area contributed by atoms with Crippen LogP contribution in [0.15, 0.2) is 12.1 Å². The first kappa shape index (κ1) is 13.0. The normalized spacial score (nSPS) is 13.9. The second-order valence-electron chi connectivity index (χ2n) is 5.09. The van der Waals surface area contributed by atoms with Crippen molar-refractivity contribution in [3.8, 4) is 11.5 Å². The first-order valence-electron chi connectivity index (χ1n) is 7.03. The largest absolute Gasteiger partial charge is 0.493 e. The Morgan fingerprint density at radius 2 is 1.75 bits per heavy atom. The maximum atomic E-state index is 5.41. The molecule has 2 aromatic rings. The van der Waals surface area contributed by atoms with Crippen LogP contribution in [0.4, 0.5) is 5.69 Å². The van der Waals surface area contributed by atoms with Crippen molar-refractivity contribution in [2.45, 2.75) is 25.7 Å². The predicted molar refractivity (Wildman–Crippen MR) is 81.0 cm³/mol. The van der Waals surface area contributed by atoms with Crippen molar-refractivity contribution in [3.05, 3.63) is 23.4 Å². The number of aromatic nitrogens is 1. The summed E-state index contributed by atoms with van der Waals surface area (Å²) in [5.74, 6) is 1.47. The van der Waals surface area contributed by atoms with Gasteiger partial charge in [-0.15, -0.1) is 0 Å². The van der Waals surface area contributed by atoms with Crippen LogP contribution in [0.25, 0.3) is 10.9 Å². The highest BCUT2D eigenvalue weighted by molar-refractivity contribution is 5.95. The highest BCUT2D eigenvalue weighted by Crippen LogP contribution is 2.38. The molecule has 0 aliphatic heterocycles. The number of aryl methyl sites for hydroxylation is 1. The third kappa shape index (κ3) is 1.96. The van der Waals surface area contributed by atoms with Gasteiger partial charge in [-0.05, 0) is 37.3 Å². The minimum atomic E-state index is 0.727. The lowest BCUT2D eigenvalue weighted by Crippen LogP contribution is -2.09. The van der Waals surface area contributed by atoms with Crippen LogP contribution in [-0.4, -0.2) is 26.3 Å². The van der Waals surface area contributed by atoms with Crippen molar-refractivity contribution >= 4 is 16.6 Å². The molecule has 4 nitrogen and oxygen atoms in total. The van der Waals surface area contributed by atoms with Crippen LogP contribution in [0.5, 0.6) is 11.5 Å². The van der Waals surface area contributed by atoms with Crippen molar-refractivity contribution in [2.24, 2.45) is 0 Å². The minimum Gasteiger partial charge on any atom is -0.493 e. The molecule has 0 saturated carbocycles. The number of benzene rings is 1. The Labute approximate surface area is 119 Å². The van der Waals surface area contributed by atoms with Gasteiger partial charge in [0.2, 0.25) is 0 Å². The molecule has 106 valence electrons. The van der Waals surface area contributed by atoms with Crippen LogP contribution < -0.4 is 14.8 Å². The quantitative estimate of drug-likeness (QED) is 0.932. The average Bonchev–Trinajstić information content (AvgIpc) is 2.51. The van der Waals surface area contributed by atoms with Gasteiger partial charge >= 0.3 is 0 Å². The molecule has 1 aliphatic carbocycles. The van der Waals surface area contributed by atoms with Gasteiger partial charge < -0.3 is 14.8 Å². The van der Waals surface area contributed by atoms with Crippen LogP contribution in [0, 0.1) is 0 Å². The van der Waals surface area contributed by atoms with Crippen LogP contribution in [0.3, 0.4) is 0 Å². The molecule has 4 heteroatoms. The van der Waals surface area contributed by atoms with Crippen LogP contribution in [-0.2, 0) is 12.8 Å². The molecule has 1 aromatic heterocycles. The number of ether oxygens (including phenoxy) is 2. The van der Waals surface area contributed by atoms with Gasteiger partial charge in [0.25, 0.3) is 0 Å². The molecule has 0 unspecified atom stereocenters. The number of nitrogens with zero attached hydrogens (tertiary/aromatic N) is 1. The fourth-order valence-electron chi connectivity index (χ4n) is 3.04. The third-order valence-corrected chi connectivity index (χ3v) is 4.02. The Morgan fingerprint density at radius 3 is 2.45 bits per heavy atom. The Balaban J connectivity index is 2.31. The molecular weight excluding hydrogens is 252 g/mol. The monoisotopic (exact) mass is 272 g/mol. The second-order valence-corrected chi connectivity index (χ2v) is 5.09. The van der Waals surface area contributed by atoms with E-state index in [1.807, 2.05) is 19.2 Å². The van der Waals surface area contributed by atoms with Crippen molar-refractivity contribution in [1.82, 2.24) is 4.98 Å². The Hall–Kier alpha value is -1.97. The molecule has 0 radical (unpaired) electrons. The molecule has 20 heavy (non-hydrogen) atoms. The highest BCUT2D eigenvalue weighted by atomic mass is 16.5. The topological polar surface area (TPSA) is 43.4 Å². The summed E-state index contributed by atoms with van der Waals surface area (Å²) in [6, 6.07) is 3.98. The number of methoxy groups -OCH3 is 2. The molecule has 1 aromatic carbocycles. The second kappa shape index (κ2) is 5.19. The predicted octanol–water partition coefficient (Wildman–Crippen LogP) is 3.17. The van der Waals surface area contributed by atoms with E-state index < -0.39 is 0 Å². The fraction of sp³-hybridized carbons (Fsp3) is 0.438. The zero-order valence-electron chi connectivity index (χ0n) is 12.2. The summed E-state index contributed by atoms with van der Waals surface area (Å²) in [6.07, 6.45) is 4.63. The Morgan fingerprint density at radius 1 is 1.05 bits per heavy atom. The molecule has 0 amide bonds. The molecule has 0 fully saturated rings. The van der Waals surface area contributed by atoms with E-state index in [9.17, 15) is 0 Å². The Kier molecular flexibility index (Phi) is 3.38. The maximum absolute atomic E-state index is 5.41. The maximum Gasteiger partial charge on any atom is 0.162 e. The molecule has 0 saturated heterocycles. The summed E-state index contributed by atoms with van der Waals surface area (Å²) >= 11 is 0. The number of hydrogen-bond donors (Lipinski definition) is 1. The molecule has 0 bridgehead atoms. The zero-order valence-corrected chi connectivity index (χ0v) is 12.2. The van der Waals surface area contributed by atoms with Gasteiger partial charge in [-0.3, -0.25) is 4.98 Å². The average molecular weight is 272 g/mol. The number of hydrogen-bond acceptors (Lipinski definition) is 4. The first-order chi connectivity index (χ1) is 9.78. The minimum absolute atomic E-state index is 0.727. The SMILES string of the molecule is CNc1c2c(nc3cc(OC)c(OC)cc13)CCCC2. The van der Waals surface area contributed by atoms with E-state index in [4.69, 9.17) is 14.5 Å². The lowest BCUT2D eigenvalue weighted by atomic mass is 9.92. The van der Waals surface area contributed by atoms with E-state index in [0.29, 0.717) is 0 Å². The number of rotatable bonds is 3. The molecule has 1 aliphatic rings. The standard InChI is InChI=1S/C16H20N2O2/c1-17-16-10-6-4-5-7-12(10)18-13-9-15(20-3)14(19-2)8-11(13)16/h8-9H,4-7H2,1-3H3,(H,17,18). The van der Waals surface area contributed by atoms with Crippen LogP contribution in [0.2, 0.25) is 0 Å². The summed E-state index contributed by atoms with van der Waals surface area (Å²) in [7, 11) is 5.29. The lowest BCUT2D eigenvalue weighted by Gasteiger charge is -2.21. The van der Waals surface area contributed by atoms with Gasteiger partial charge in [0, 0.05) is 29.9 Å². The molecule has 0 spiro atoms. The van der Waals surface area contributed by atoms with Crippen LogP contribution in [0.1, 0.15) is 24.1 Å². The van der Waals surface area contributed by atoms with Gasteiger partial charge in [0.1, 0.15) is 0 Å². The molecule has 0 atom stereocenters. The van der Waals surface area contributed by atoms with Crippen molar-refractivity contribution in [3.63, 3.8) is 0 Å². The molecular formula is C16H20N2O2. The molecule has 3 rings (SSSR count). The van der Waals surface area contributed by atoms with Gasteiger partial charge in [-0.1, -0.05) is 0 Å². The summed E-state index contributed by atoms with van der Waals surface area (Å²) in [5, 5.41) is 4.45. The van der Waals surface area contributed by atoms with Gasteiger partial charge in [-0.25, -0.2) is 0 Å². The summed E-state index contributed by atoms with van der Waals surface area (Å²) < 4.78 is 10.8. The van der Waals surface area contributed by atoms with Gasteiger partial charge in [-0.2, -0.15) is 0 Å². The van der Waals surface area contributed by atoms with Gasteiger partial charge in [0.15, 0.2) is 11.5 Å². The number of nitrogens with one attached hydrogen (secondary N) is 1. The van der Waals surface area contributed by atoms with Crippen molar-refractivity contribution in [1.29, 1.82) is 0 Å². The van der Waals surface area contributed by atoms with Crippen LogP contribution >= 0.6 is 0 Å². The Bertz CT molecular complexity index is 647. The van der Waals surface area contributed by atoms with E-state index in [0.717, 1.165) is 35.2 Å². The zero-order chi connectivity index (χ0) is 14.1. The number of anilines is 1. The molecule has 1 heterocycles. The van der Waals surface area contributed by atoms with E-state index in [2.05, 4.69) is 5.32 Å². The number of pyridine rings is 1. The number of fused-ring (bicyclic) bond motifs is 2. The molecule has 1 N–H and O–H groups in total. The first-order valence-corrected chi connectivity index (χ1v) is 7.03. The summed E-state index contributed by atoms with van der Waals surface area (Å²) in [4.78, 5) is 4.83. The van der Waals surface area contributed by atoms with E-state index in [1.165, 1.54) is 29.8 Å². The van der Waals surface area contributed by atoms with E-state index in [-0.39, 0.29) is 0 Å². The van der Waals surface area contributed by atoms with Crippen molar-refractivity contribution in [2.75, 3.05) is 26.6 Å². The highest BCUT2D eigenvalue weighted by Gasteiger charge is 2.19. The van der Waals surface area contributed by atoms with E-state index in [1.54, 1.807) is 14.2 Å². The van der Waals surface area contributed by atoms with E-state index >= 15 is 0 Å². The van der Waals surface area contributed by atoms with Gasteiger partial charge in [0.05, 0.1) is 19.7 Å². The summed E-state index contributed by atoms with van der Waals surface area (Å²) in [6.45, 7) is 0. The third-order valence-electron chi connectivity index (χ3n) is 4.02.